The van der Waals surface area contributed by atoms with E-state index in [4.69, 9.17) is 9.47 Å². The minimum atomic E-state index is -1.21. The molecular formula is C25H35NO6. The van der Waals surface area contributed by atoms with Gasteiger partial charge in [-0.1, -0.05) is 42.5 Å². The van der Waals surface area contributed by atoms with Gasteiger partial charge in [-0.25, -0.2) is 0 Å². The molecular weight excluding hydrogens is 410 g/mol. The van der Waals surface area contributed by atoms with E-state index < -0.39 is 24.4 Å². The summed E-state index contributed by atoms with van der Waals surface area (Å²) in [6, 6.07) is 15.7. The van der Waals surface area contributed by atoms with E-state index in [1.165, 1.54) is 0 Å². The van der Waals surface area contributed by atoms with Gasteiger partial charge in [-0.15, -0.1) is 0 Å². The Morgan fingerprint density at radius 1 is 0.938 bits per heavy atom. The summed E-state index contributed by atoms with van der Waals surface area (Å²) >= 11 is 0. The van der Waals surface area contributed by atoms with Crippen LogP contribution in [0.1, 0.15) is 24.8 Å². The van der Waals surface area contributed by atoms with Gasteiger partial charge in [0, 0.05) is 18.7 Å². The van der Waals surface area contributed by atoms with Crippen LogP contribution in [-0.4, -0.2) is 83.1 Å². The lowest BCUT2D eigenvalue weighted by Gasteiger charge is -2.43. The molecule has 0 aromatic heterocycles. The molecule has 0 unspecified atom stereocenters. The lowest BCUT2D eigenvalue weighted by molar-refractivity contribution is -0.145. The normalized spacial score (nSPS) is 23.9. The number of hydrogen-bond donors (Lipinski definition) is 4. The Hall–Kier alpha value is -2.00. The Morgan fingerprint density at radius 3 is 2.41 bits per heavy atom. The number of aliphatic hydroxyl groups is 4. The summed E-state index contributed by atoms with van der Waals surface area (Å²) in [5.41, 5.74) is 3.28. The third-order valence-electron chi connectivity index (χ3n) is 6.09. The smallest absolute Gasteiger partial charge is 0.126 e. The van der Waals surface area contributed by atoms with Crippen molar-refractivity contribution in [3.8, 4) is 16.9 Å². The van der Waals surface area contributed by atoms with Crippen LogP contribution in [0.4, 0.5) is 0 Å². The minimum Gasteiger partial charge on any atom is -0.496 e. The average Bonchev–Trinajstić information content (AvgIpc) is 2.82. The Kier molecular flexibility index (Phi) is 9.47. The predicted molar refractivity (Wildman–Crippen MR) is 122 cm³/mol. The maximum Gasteiger partial charge on any atom is 0.126 e. The lowest BCUT2D eigenvalue weighted by atomic mass is 9.94. The number of β-amino-alcohol motifs (C(OH)–C–C–N with tert-alkyl or cyclic N) is 1. The van der Waals surface area contributed by atoms with Gasteiger partial charge in [-0.3, -0.25) is 4.90 Å². The van der Waals surface area contributed by atoms with Crippen molar-refractivity contribution >= 4 is 0 Å². The average molecular weight is 446 g/mol. The number of nitrogens with zero attached hydrogens (tertiary/aromatic N) is 1. The van der Waals surface area contributed by atoms with Crippen molar-refractivity contribution in [3.05, 3.63) is 54.1 Å². The lowest BCUT2D eigenvalue weighted by Crippen LogP contribution is -2.62. The summed E-state index contributed by atoms with van der Waals surface area (Å²) in [4.78, 5) is 1.85. The van der Waals surface area contributed by atoms with Gasteiger partial charge in [0.1, 0.15) is 18.0 Å². The first-order chi connectivity index (χ1) is 15.5. The quantitative estimate of drug-likeness (QED) is 0.391. The van der Waals surface area contributed by atoms with Crippen LogP contribution in [-0.2, 0) is 11.3 Å². The first kappa shape index (κ1) is 24.6. The molecule has 1 fully saturated rings. The van der Waals surface area contributed by atoms with E-state index in [1.54, 1.807) is 7.11 Å². The highest BCUT2D eigenvalue weighted by molar-refractivity contribution is 5.70. The molecule has 4 atom stereocenters. The minimum absolute atomic E-state index is 0.246. The number of para-hydroxylation sites is 1. The highest BCUT2D eigenvalue weighted by Gasteiger charge is 2.40. The Balaban J connectivity index is 1.35. The summed E-state index contributed by atoms with van der Waals surface area (Å²) < 4.78 is 11.2. The second kappa shape index (κ2) is 12.3. The van der Waals surface area contributed by atoms with Gasteiger partial charge in [0.15, 0.2) is 0 Å². The fraction of sp³-hybridized carbons (Fsp3) is 0.520. The SMILES string of the molecule is COc1ccccc1-c1ccc(COCCCCCN2C[C@H](O)[C@@H](O)[C@H](O)[C@@H]2CO)cc1. The molecule has 1 saturated heterocycles. The fourth-order valence-corrected chi connectivity index (χ4v) is 4.18. The van der Waals surface area contributed by atoms with E-state index in [0.717, 1.165) is 41.7 Å². The standard InChI is InChI=1S/C25H35NO6/c1-31-23-8-4-3-7-20(23)19-11-9-18(10-12-19)17-32-14-6-2-5-13-26-15-22(28)25(30)24(29)21(26)16-27/h3-4,7-12,21-22,24-25,27-30H,2,5-6,13-17H2,1H3/t21-,22-,24+,25+/m0/s1. The molecule has 1 aliphatic heterocycles. The van der Waals surface area contributed by atoms with Gasteiger partial charge in [0.2, 0.25) is 0 Å². The third-order valence-corrected chi connectivity index (χ3v) is 6.09. The molecule has 0 amide bonds. The van der Waals surface area contributed by atoms with E-state index in [1.807, 2.05) is 29.2 Å². The van der Waals surface area contributed by atoms with Crippen LogP contribution in [0.2, 0.25) is 0 Å². The Bertz CT molecular complexity index is 814. The predicted octanol–water partition coefficient (Wildman–Crippen LogP) is 1.81. The molecule has 32 heavy (non-hydrogen) atoms. The van der Waals surface area contributed by atoms with Crippen molar-refractivity contribution < 1.29 is 29.9 Å². The molecule has 1 heterocycles. The molecule has 2 aromatic rings. The Labute approximate surface area is 189 Å². The van der Waals surface area contributed by atoms with Gasteiger partial charge in [-0.05, 0) is 43.0 Å². The van der Waals surface area contributed by atoms with Gasteiger partial charge < -0.3 is 29.9 Å². The maximum atomic E-state index is 10.0. The van der Waals surface area contributed by atoms with E-state index in [-0.39, 0.29) is 13.2 Å². The number of rotatable bonds is 11. The number of ether oxygens (including phenoxy) is 2. The van der Waals surface area contributed by atoms with Gasteiger partial charge in [0.25, 0.3) is 0 Å². The van der Waals surface area contributed by atoms with Crippen molar-refractivity contribution in [2.75, 3.05) is 33.4 Å². The molecule has 176 valence electrons. The molecule has 0 aliphatic carbocycles. The number of likely N-dealkylation sites (tertiary alicyclic amines) is 1. The van der Waals surface area contributed by atoms with E-state index in [0.29, 0.717) is 19.8 Å². The second-order valence-corrected chi connectivity index (χ2v) is 8.30. The van der Waals surface area contributed by atoms with Crippen LogP contribution >= 0.6 is 0 Å². The summed E-state index contributed by atoms with van der Waals surface area (Å²) in [5.74, 6) is 0.853. The van der Waals surface area contributed by atoms with E-state index in [9.17, 15) is 20.4 Å². The van der Waals surface area contributed by atoms with E-state index >= 15 is 0 Å². The summed E-state index contributed by atoms with van der Waals surface area (Å²) in [5, 5.41) is 39.2. The fourth-order valence-electron chi connectivity index (χ4n) is 4.18. The topological polar surface area (TPSA) is 103 Å². The second-order valence-electron chi connectivity index (χ2n) is 8.30. The molecule has 7 nitrogen and oxygen atoms in total. The number of unbranched alkanes of at least 4 members (excludes halogenated alkanes) is 2. The number of methoxy groups -OCH3 is 1. The monoisotopic (exact) mass is 445 g/mol. The zero-order chi connectivity index (χ0) is 22.9. The molecule has 7 heteroatoms. The molecule has 4 N–H and O–H groups in total. The van der Waals surface area contributed by atoms with E-state index in [2.05, 4.69) is 24.3 Å². The van der Waals surface area contributed by atoms with Crippen molar-refractivity contribution in [2.24, 2.45) is 0 Å². The number of benzene rings is 2. The highest BCUT2D eigenvalue weighted by Crippen LogP contribution is 2.29. The first-order valence-corrected chi connectivity index (χ1v) is 11.2. The zero-order valence-electron chi connectivity index (χ0n) is 18.6. The van der Waals surface area contributed by atoms with Gasteiger partial charge in [-0.2, -0.15) is 0 Å². The molecule has 0 saturated carbocycles. The summed E-state index contributed by atoms with van der Waals surface area (Å²) in [7, 11) is 1.68. The largest absolute Gasteiger partial charge is 0.496 e. The summed E-state index contributed by atoms with van der Waals surface area (Å²) in [6.07, 6.45) is -0.628. The molecule has 1 aliphatic rings. The molecule has 0 bridgehead atoms. The first-order valence-electron chi connectivity index (χ1n) is 11.2. The zero-order valence-corrected chi connectivity index (χ0v) is 18.6. The third kappa shape index (κ3) is 6.28. The van der Waals surface area contributed by atoms with Crippen LogP contribution < -0.4 is 4.74 Å². The van der Waals surface area contributed by atoms with Crippen molar-refractivity contribution in [2.45, 2.75) is 50.2 Å². The summed E-state index contributed by atoms with van der Waals surface area (Å²) in [6.45, 7) is 1.87. The van der Waals surface area contributed by atoms with Crippen molar-refractivity contribution in [1.29, 1.82) is 0 Å². The molecule has 0 spiro atoms. The van der Waals surface area contributed by atoms with Crippen LogP contribution in [0.3, 0.4) is 0 Å². The van der Waals surface area contributed by atoms with Crippen LogP contribution in [0, 0.1) is 0 Å². The molecule has 2 aromatic carbocycles. The molecule has 0 radical (unpaired) electrons. The van der Waals surface area contributed by atoms with Crippen LogP contribution in [0.5, 0.6) is 5.75 Å². The molecule has 3 rings (SSSR count). The number of hydrogen-bond acceptors (Lipinski definition) is 7. The highest BCUT2D eigenvalue weighted by atomic mass is 16.5. The number of piperidine rings is 1. The van der Waals surface area contributed by atoms with Gasteiger partial charge in [0.05, 0.1) is 32.5 Å². The van der Waals surface area contributed by atoms with Crippen molar-refractivity contribution in [1.82, 2.24) is 4.90 Å². The van der Waals surface area contributed by atoms with Crippen LogP contribution in [0.25, 0.3) is 11.1 Å². The maximum absolute atomic E-state index is 10.0. The Morgan fingerprint density at radius 2 is 1.69 bits per heavy atom. The number of aliphatic hydroxyl groups excluding tert-OH is 4. The van der Waals surface area contributed by atoms with Crippen molar-refractivity contribution in [3.63, 3.8) is 0 Å². The van der Waals surface area contributed by atoms with Gasteiger partial charge >= 0.3 is 0 Å². The van der Waals surface area contributed by atoms with Crippen LogP contribution in [0.15, 0.2) is 48.5 Å².